The molecule has 4 rings (SSSR count). The van der Waals surface area contributed by atoms with E-state index in [1.54, 1.807) is 12.1 Å². The summed E-state index contributed by atoms with van der Waals surface area (Å²) in [4.78, 5) is 0.296. The molecule has 1 aliphatic carbocycles. The largest absolute Gasteiger partial charge is 0.297 e. The molecule has 2 aliphatic rings. The quantitative estimate of drug-likeness (QED) is 0.938. The second-order valence-electron chi connectivity index (χ2n) is 6.00. The second kappa shape index (κ2) is 5.08. The number of hydrogen-bond acceptors (Lipinski definition) is 4. The highest BCUT2D eigenvalue weighted by atomic mass is 32.2. The molecule has 0 atom stereocenters. The number of hydrogen-bond donors (Lipinski definition) is 1. The van der Waals surface area contributed by atoms with E-state index in [-0.39, 0.29) is 0 Å². The first-order chi connectivity index (χ1) is 10.6. The summed E-state index contributed by atoms with van der Waals surface area (Å²) in [6, 6.07) is 7.20. The van der Waals surface area contributed by atoms with Gasteiger partial charge in [0.25, 0.3) is 10.0 Å². The van der Waals surface area contributed by atoms with Crippen molar-refractivity contribution in [3.63, 3.8) is 0 Å². The number of anilines is 1. The molecule has 2 aromatic rings. The van der Waals surface area contributed by atoms with Gasteiger partial charge in [-0.3, -0.25) is 4.57 Å². The Hall–Kier alpha value is -1.89. The molecule has 7 heteroatoms. The number of nitrogens with one attached hydrogen (secondary N) is 1. The summed E-state index contributed by atoms with van der Waals surface area (Å²) < 4.78 is 29.6. The summed E-state index contributed by atoms with van der Waals surface area (Å²) >= 11 is 0. The summed E-state index contributed by atoms with van der Waals surface area (Å²) in [5.74, 6) is 1.71. The van der Waals surface area contributed by atoms with Gasteiger partial charge in [0.05, 0.1) is 4.90 Å². The van der Waals surface area contributed by atoms with Crippen molar-refractivity contribution in [1.29, 1.82) is 0 Å². The standard InChI is InChI=1S/C15H18N4O2S/c20-22(21,13-5-3-4-12(10-13)11-7-8-11)18-15-17-16-14-6-1-2-9-19(14)15/h3-5,10-11H,1-2,6-9H2,(H,17,18). The minimum absolute atomic E-state index is 0.296. The maximum atomic E-state index is 12.6. The number of sulfonamides is 1. The zero-order chi connectivity index (χ0) is 15.2. The van der Waals surface area contributed by atoms with Crippen LogP contribution >= 0.6 is 0 Å². The van der Waals surface area contributed by atoms with Crippen molar-refractivity contribution < 1.29 is 8.42 Å². The Kier molecular flexibility index (Phi) is 3.18. The number of nitrogens with zero attached hydrogens (tertiary/aromatic N) is 3. The second-order valence-corrected chi connectivity index (χ2v) is 7.68. The van der Waals surface area contributed by atoms with E-state index in [0.717, 1.165) is 50.0 Å². The van der Waals surface area contributed by atoms with Crippen LogP contribution in [0.5, 0.6) is 0 Å². The maximum absolute atomic E-state index is 12.6. The molecule has 1 fully saturated rings. The Labute approximate surface area is 129 Å². The van der Waals surface area contributed by atoms with E-state index in [2.05, 4.69) is 14.9 Å². The van der Waals surface area contributed by atoms with E-state index in [0.29, 0.717) is 16.8 Å². The van der Waals surface area contributed by atoms with E-state index < -0.39 is 10.0 Å². The van der Waals surface area contributed by atoms with Gasteiger partial charge in [-0.05, 0) is 49.3 Å². The van der Waals surface area contributed by atoms with Crippen LogP contribution in [0.1, 0.15) is 43.0 Å². The Bertz CT molecular complexity index is 809. The summed E-state index contributed by atoms with van der Waals surface area (Å²) in [7, 11) is -3.62. The third-order valence-corrected chi connectivity index (χ3v) is 5.63. The van der Waals surface area contributed by atoms with Crippen molar-refractivity contribution in [2.45, 2.75) is 49.5 Å². The maximum Gasteiger partial charge on any atom is 0.264 e. The lowest BCUT2D eigenvalue weighted by Gasteiger charge is -2.15. The molecule has 1 saturated carbocycles. The van der Waals surface area contributed by atoms with Crippen LogP contribution in [-0.2, 0) is 23.0 Å². The predicted octanol–water partition coefficient (Wildman–Crippen LogP) is 2.29. The fraction of sp³-hybridized carbons (Fsp3) is 0.467. The molecular formula is C15H18N4O2S. The third kappa shape index (κ3) is 2.49. The van der Waals surface area contributed by atoms with E-state index in [1.807, 2.05) is 16.7 Å². The molecule has 2 heterocycles. The summed E-state index contributed by atoms with van der Waals surface area (Å²) in [5.41, 5.74) is 1.10. The average Bonchev–Trinajstić information content (AvgIpc) is 3.31. The SMILES string of the molecule is O=S(=O)(Nc1nnc2n1CCCC2)c1cccc(C2CC2)c1. The number of aryl methyl sites for hydroxylation is 1. The van der Waals surface area contributed by atoms with Gasteiger partial charge in [-0.15, -0.1) is 10.2 Å². The Balaban J connectivity index is 1.63. The van der Waals surface area contributed by atoms with Crippen LogP contribution in [0.4, 0.5) is 5.95 Å². The van der Waals surface area contributed by atoms with Gasteiger partial charge in [0, 0.05) is 13.0 Å². The van der Waals surface area contributed by atoms with E-state index in [4.69, 9.17) is 0 Å². The highest BCUT2D eigenvalue weighted by Gasteiger charge is 2.26. The van der Waals surface area contributed by atoms with Gasteiger partial charge in [-0.25, -0.2) is 13.1 Å². The van der Waals surface area contributed by atoms with Crippen LogP contribution in [0.3, 0.4) is 0 Å². The third-order valence-electron chi connectivity index (χ3n) is 4.30. The topological polar surface area (TPSA) is 76.9 Å². The fourth-order valence-electron chi connectivity index (χ4n) is 2.92. The molecule has 0 saturated heterocycles. The van der Waals surface area contributed by atoms with Gasteiger partial charge in [0.15, 0.2) is 0 Å². The van der Waals surface area contributed by atoms with Gasteiger partial charge in [0.1, 0.15) is 5.82 Å². The molecule has 0 spiro atoms. The molecule has 1 aliphatic heterocycles. The molecule has 6 nitrogen and oxygen atoms in total. The monoisotopic (exact) mass is 318 g/mol. The van der Waals surface area contributed by atoms with Crippen molar-refractivity contribution >= 4 is 16.0 Å². The van der Waals surface area contributed by atoms with Gasteiger partial charge in [0.2, 0.25) is 5.95 Å². The van der Waals surface area contributed by atoms with Crippen LogP contribution in [-0.4, -0.2) is 23.2 Å². The van der Waals surface area contributed by atoms with Crippen LogP contribution in [0.25, 0.3) is 0 Å². The minimum Gasteiger partial charge on any atom is -0.297 e. The van der Waals surface area contributed by atoms with E-state index in [1.165, 1.54) is 0 Å². The average molecular weight is 318 g/mol. The Morgan fingerprint density at radius 2 is 2.05 bits per heavy atom. The van der Waals surface area contributed by atoms with Crippen molar-refractivity contribution in [3.05, 3.63) is 35.7 Å². The predicted molar refractivity (Wildman–Crippen MR) is 82.2 cm³/mol. The van der Waals surface area contributed by atoms with Gasteiger partial charge in [-0.1, -0.05) is 12.1 Å². The van der Waals surface area contributed by atoms with Gasteiger partial charge >= 0.3 is 0 Å². The first kappa shape index (κ1) is 13.8. The molecule has 0 radical (unpaired) electrons. The zero-order valence-electron chi connectivity index (χ0n) is 12.2. The smallest absolute Gasteiger partial charge is 0.264 e. The lowest BCUT2D eigenvalue weighted by Crippen LogP contribution is -2.19. The van der Waals surface area contributed by atoms with Crippen LogP contribution < -0.4 is 4.72 Å². The molecule has 1 N–H and O–H groups in total. The number of aromatic nitrogens is 3. The van der Waals surface area contributed by atoms with Crippen LogP contribution in [0.15, 0.2) is 29.2 Å². The van der Waals surface area contributed by atoms with Crippen molar-refractivity contribution in [2.24, 2.45) is 0 Å². The van der Waals surface area contributed by atoms with Crippen LogP contribution in [0.2, 0.25) is 0 Å². The lowest BCUT2D eigenvalue weighted by atomic mass is 10.1. The molecule has 0 bridgehead atoms. The summed E-state index contributed by atoms with van der Waals surface area (Å²) in [5, 5.41) is 8.08. The van der Waals surface area contributed by atoms with E-state index >= 15 is 0 Å². The molecule has 1 aromatic carbocycles. The van der Waals surface area contributed by atoms with Gasteiger partial charge in [-0.2, -0.15) is 0 Å². The highest BCUT2D eigenvalue weighted by molar-refractivity contribution is 7.92. The minimum atomic E-state index is -3.62. The van der Waals surface area contributed by atoms with E-state index in [9.17, 15) is 8.42 Å². The molecule has 22 heavy (non-hydrogen) atoms. The highest BCUT2D eigenvalue weighted by Crippen LogP contribution is 2.40. The summed E-state index contributed by atoms with van der Waals surface area (Å²) in [6.45, 7) is 0.766. The van der Waals surface area contributed by atoms with Gasteiger partial charge < -0.3 is 0 Å². The molecule has 116 valence electrons. The van der Waals surface area contributed by atoms with Crippen molar-refractivity contribution in [1.82, 2.24) is 14.8 Å². The Morgan fingerprint density at radius 3 is 2.86 bits per heavy atom. The molecule has 0 amide bonds. The first-order valence-electron chi connectivity index (χ1n) is 7.68. The number of benzene rings is 1. The fourth-order valence-corrected chi connectivity index (χ4v) is 3.97. The molecular weight excluding hydrogens is 300 g/mol. The molecule has 1 aromatic heterocycles. The van der Waals surface area contributed by atoms with Crippen LogP contribution in [0, 0.1) is 0 Å². The molecule has 0 unspecified atom stereocenters. The van der Waals surface area contributed by atoms with Crippen molar-refractivity contribution in [3.8, 4) is 0 Å². The summed E-state index contributed by atoms with van der Waals surface area (Å²) in [6.07, 6.45) is 5.25. The number of fused-ring (bicyclic) bond motifs is 1. The normalized spacial score (nSPS) is 18.0. The Morgan fingerprint density at radius 1 is 1.18 bits per heavy atom. The number of rotatable bonds is 4. The van der Waals surface area contributed by atoms with Crippen molar-refractivity contribution in [2.75, 3.05) is 4.72 Å². The zero-order valence-corrected chi connectivity index (χ0v) is 13.0. The lowest BCUT2D eigenvalue weighted by molar-refractivity contribution is 0.526. The first-order valence-corrected chi connectivity index (χ1v) is 9.17.